The molecule has 106 valence electrons. The summed E-state index contributed by atoms with van der Waals surface area (Å²) in [6, 6.07) is 8.34. The molecule has 2 heterocycles. The van der Waals surface area contributed by atoms with Crippen molar-refractivity contribution in [2.45, 2.75) is 19.9 Å². The molecule has 0 aliphatic heterocycles. The lowest BCUT2D eigenvalue weighted by Crippen LogP contribution is -2.21. The highest BCUT2D eigenvalue weighted by atomic mass is 15.1. The van der Waals surface area contributed by atoms with Gasteiger partial charge in [-0.05, 0) is 42.8 Å². The first-order valence-corrected chi connectivity index (χ1v) is 7.05. The molecule has 20 heavy (non-hydrogen) atoms. The molecule has 0 saturated carbocycles. The van der Waals surface area contributed by atoms with Crippen molar-refractivity contribution in [3.63, 3.8) is 0 Å². The van der Waals surface area contributed by atoms with Crippen molar-refractivity contribution >= 4 is 5.69 Å². The highest BCUT2D eigenvalue weighted by molar-refractivity contribution is 5.45. The van der Waals surface area contributed by atoms with E-state index in [1.54, 1.807) is 0 Å². The van der Waals surface area contributed by atoms with E-state index >= 15 is 0 Å². The van der Waals surface area contributed by atoms with Gasteiger partial charge in [0.2, 0.25) is 0 Å². The van der Waals surface area contributed by atoms with Crippen LogP contribution in [-0.2, 0) is 13.0 Å². The standard InChI is InChI=1S/C16H22N4/c1-3-17-13-15-12-16(6-10-19-15)20(2)11-7-14-4-8-18-9-5-14/h4-6,8-10,12,17H,3,7,11,13H2,1-2H3. The van der Waals surface area contributed by atoms with E-state index in [0.717, 1.165) is 31.7 Å². The number of aromatic nitrogens is 2. The molecular formula is C16H22N4. The molecular weight excluding hydrogens is 248 g/mol. The monoisotopic (exact) mass is 270 g/mol. The van der Waals surface area contributed by atoms with E-state index in [2.05, 4.69) is 58.4 Å². The first-order chi connectivity index (χ1) is 9.79. The van der Waals surface area contributed by atoms with E-state index in [9.17, 15) is 0 Å². The maximum Gasteiger partial charge on any atom is 0.0562 e. The lowest BCUT2D eigenvalue weighted by molar-refractivity contribution is 0.710. The van der Waals surface area contributed by atoms with Gasteiger partial charge in [-0.15, -0.1) is 0 Å². The predicted octanol–water partition coefficient (Wildman–Crippen LogP) is 2.27. The average Bonchev–Trinajstić information content (AvgIpc) is 2.52. The van der Waals surface area contributed by atoms with Crippen molar-refractivity contribution < 1.29 is 0 Å². The molecule has 2 aromatic heterocycles. The molecule has 0 amide bonds. The molecule has 4 heteroatoms. The Labute approximate surface area is 120 Å². The van der Waals surface area contributed by atoms with Gasteiger partial charge in [0, 0.05) is 44.4 Å². The van der Waals surface area contributed by atoms with Crippen LogP contribution in [0.2, 0.25) is 0 Å². The Morgan fingerprint density at radius 2 is 1.95 bits per heavy atom. The zero-order valence-electron chi connectivity index (χ0n) is 12.2. The summed E-state index contributed by atoms with van der Waals surface area (Å²) in [5.74, 6) is 0. The minimum Gasteiger partial charge on any atom is -0.374 e. The topological polar surface area (TPSA) is 41.0 Å². The van der Waals surface area contributed by atoms with Gasteiger partial charge in [-0.25, -0.2) is 0 Å². The first-order valence-electron chi connectivity index (χ1n) is 7.05. The lowest BCUT2D eigenvalue weighted by atomic mass is 10.2. The van der Waals surface area contributed by atoms with Crippen molar-refractivity contribution in [2.75, 3.05) is 25.0 Å². The molecule has 0 saturated heterocycles. The van der Waals surface area contributed by atoms with Gasteiger partial charge >= 0.3 is 0 Å². The first kappa shape index (κ1) is 14.5. The van der Waals surface area contributed by atoms with E-state index in [0.29, 0.717) is 0 Å². The van der Waals surface area contributed by atoms with Gasteiger partial charge in [0.25, 0.3) is 0 Å². The quantitative estimate of drug-likeness (QED) is 0.838. The van der Waals surface area contributed by atoms with E-state index in [1.165, 1.54) is 11.3 Å². The van der Waals surface area contributed by atoms with Crippen LogP contribution in [0.5, 0.6) is 0 Å². The van der Waals surface area contributed by atoms with Crippen molar-refractivity contribution in [3.8, 4) is 0 Å². The zero-order chi connectivity index (χ0) is 14.2. The maximum absolute atomic E-state index is 4.38. The number of pyridine rings is 2. The molecule has 0 atom stereocenters. The third kappa shape index (κ3) is 4.31. The third-order valence-electron chi connectivity index (χ3n) is 3.28. The Morgan fingerprint density at radius 1 is 1.15 bits per heavy atom. The summed E-state index contributed by atoms with van der Waals surface area (Å²) in [4.78, 5) is 10.7. The van der Waals surface area contributed by atoms with Crippen molar-refractivity contribution in [2.24, 2.45) is 0 Å². The fraction of sp³-hybridized carbons (Fsp3) is 0.375. The predicted molar refractivity (Wildman–Crippen MR) is 82.8 cm³/mol. The van der Waals surface area contributed by atoms with Gasteiger partial charge in [-0.2, -0.15) is 0 Å². The largest absolute Gasteiger partial charge is 0.374 e. The Bertz CT molecular complexity index is 513. The molecule has 0 unspecified atom stereocenters. The van der Waals surface area contributed by atoms with E-state index < -0.39 is 0 Å². The molecule has 0 aliphatic rings. The van der Waals surface area contributed by atoms with E-state index in [4.69, 9.17) is 0 Å². The number of nitrogens with one attached hydrogen (secondary N) is 1. The van der Waals surface area contributed by atoms with E-state index in [-0.39, 0.29) is 0 Å². The van der Waals surface area contributed by atoms with E-state index in [1.807, 2.05) is 18.6 Å². The lowest BCUT2D eigenvalue weighted by Gasteiger charge is -2.19. The Hall–Kier alpha value is -1.94. The highest BCUT2D eigenvalue weighted by Gasteiger charge is 2.03. The molecule has 2 aromatic rings. The summed E-state index contributed by atoms with van der Waals surface area (Å²) in [6.07, 6.45) is 6.58. The molecule has 0 spiro atoms. The SMILES string of the molecule is CCNCc1cc(N(C)CCc2ccncc2)ccn1. The van der Waals surface area contributed by atoms with Crippen molar-refractivity contribution in [1.29, 1.82) is 0 Å². The minimum atomic E-state index is 0.822. The molecule has 0 radical (unpaired) electrons. The van der Waals surface area contributed by atoms with Crippen LogP contribution in [0.4, 0.5) is 5.69 Å². The van der Waals surface area contributed by atoms with Crippen LogP contribution in [0.1, 0.15) is 18.2 Å². The number of nitrogens with zero attached hydrogens (tertiary/aromatic N) is 3. The van der Waals surface area contributed by atoms with Gasteiger partial charge in [0.1, 0.15) is 0 Å². The highest BCUT2D eigenvalue weighted by Crippen LogP contribution is 2.13. The van der Waals surface area contributed by atoms with Crippen LogP contribution in [0.3, 0.4) is 0 Å². The Kier molecular flexibility index (Phi) is 5.50. The Morgan fingerprint density at radius 3 is 2.70 bits per heavy atom. The maximum atomic E-state index is 4.38. The van der Waals surface area contributed by atoms with Gasteiger partial charge < -0.3 is 10.2 Å². The van der Waals surface area contributed by atoms with Crippen LogP contribution >= 0.6 is 0 Å². The fourth-order valence-corrected chi connectivity index (χ4v) is 2.03. The van der Waals surface area contributed by atoms with Crippen molar-refractivity contribution in [1.82, 2.24) is 15.3 Å². The molecule has 2 rings (SSSR count). The fourth-order valence-electron chi connectivity index (χ4n) is 2.03. The summed E-state index contributed by atoms with van der Waals surface area (Å²) in [5, 5.41) is 3.30. The Balaban J connectivity index is 1.93. The number of likely N-dealkylation sites (N-methyl/N-ethyl adjacent to an activating group) is 1. The van der Waals surface area contributed by atoms with Crippen LogP contribution in [-0.4, -0.2) is 30.1 Å². The number of rotatable bonds is 7. The summed E-state index contributed by atoms with van der Waals surface area (Å²) in [7, 11) is 2.12. The minimum absolute atomic E-state index is 0.822. The summed E-state index contributed by atoms with van der Waals surface area (Å²) >= 11 is 0. The molecule has 1 N–H and O–H groups in total. The smallest absolute Gasteiger partial charge is 0.0562 e. The second kappa shape index (κ2) is 7.60. The molecule has 0 aromatic carbocycles. The van der Waals surface area contributed by atoms with Crippen LogP contribution in [0.25, 0.3) is 0 Å². The average molecular weight is 270 g/mol. The summed E-state index contributed by atoms with van der Waals surface area (Å²) in [6.45, 7) is 4.87. The summed E-state index contributed by atoms with van der Waals surface area (Å²) in [5.41, 5.74) is 3.61. The molecule has 0 bridgehead atoms. The number of hydrogen-bond donors (Lipinski definition) is 1. The van der Waals surface area contributed by atoms with Gasteiger partial charge in [-0.1, -0.05) is 6.92 Å². The van der Waals surface area contributed by atoms with Gasteiger partial charge in [0.05, 0.1) is 5.69 Å². The normalized spacial score (nSPS) is 10.5. The zero-order valence-corrected chi connectivity index (χ0v) is 12.2. The second-order valence-corrected chi connectivity index (χ2v) is 4.81. The number of hydrogen-bond acceptors (Lipinski definition) is 4. The third-order valence-corrected chi connectivity index (χ3v) is 3.28. The summed E-state index contributed by atoms with van der Waals surface area (Å²) < 4.78 is 0. The van der Waals surface area contributed by atoms with Gasteiger partial charge in [-0.3, -0.25) is 9.97 Å². The van der Waals surface area contributed by atoms with Crippen LogP contribution in [0, 0.1) is 0 Å². The van der Waals surface area contributed by atoms with Crippen LogP contribution in [0.15, 0.2) is 42.9 Å². The van der Waals surface area contributed by atoms with Crippen LogP contribution < -0.4 is 10.2 Å². The molecule has 0 fully saturated rings. The molecule has 4 nitrogen and oxygen atoms in total. The van der Waals surface area contributed by atoms with Gasteiger partial charge in [0.15, 0.2) is 0 Å². The van der Waals surface area contributed by atoms with Crippen molar-refractivity contribution in [3.05, 3.63) is 54.1 Å². The number of anilines is 1. The second-order valence-electron chi connectivity index (χ2n) is 4.81. The molecule has 0 aliphatic carbocycles.